The lowest BCUT2D eigenvalue weighted by Crippen LogP contribution is -2.29. The van der Waals surface area contributed by atoms with Gasteiger partial charge in [0.05, 0.1) is 5.75 Å². The highest BCUT2D eigenvalue weighted by Gasteiger charge is 2.17. The van der Waals surface area contributed by atoms with Crippen LogP contribution < -0.4 is 5.32 Å². The quantitative estimate of drug-likeness (QED) is 0.673. The van der Waals surface area contributed by atoms with Crippen molar-refractivity contribution >= 4 is 26.0 Å². The Morgan fingerprint density at radius 3 is 2.38 bits per heavy atom. The average molecular weight is 377 g/mol. The molecule has 1 aromatic rings. The second kappa shape index (κ2) is 8.88. The molecule has 0 saturated heterocycles. The van der Waals surface area contributed by atoms with E-state index in [-0.39, 0.29) is 5.75 Å². The summed E-state index contributed by atoms with van der Waals surface area (Å²) < 4.78 is 26.8. The number of hydrogen-bond acceptors (Lipinski definition) is 3. The van der Waals surface area contributed by atoms with E-state index in [1.165, 1.54) is 4.31 Å². The number of rotatable bonds is 9. The van der Waals surface area contributed by atoms with Gasteiger partial charge in [-0.3, -0.25) is 0 Å². The van der Waals surface area contributed by atoms with Crippen LogP contribution in [0.4, 0.5) is 0 Å². The van der Waals surface area contributed by atoms with Crippen molar-refractivity contribution in [2.45, 2.75) is 39.3 Å². The molecule has 0 aliphatic carbocycles. The third-order valence-corrected chi connectivity index (χ3v) is 5.59. The number of hydrogen-bond donors (Lipinski definition) is 1. The van der Waals surface area contributed by atoms with Gasteiger partial charge in [0.1, 0.15) is 0 Å². The van der Waals surface area contributed by atoms with E-state index < -0.39 is 10.0 Å². The maximum Gasteiger partial charge on any atom is 0.214 e. The molecule has 0 amide bonds. The largest absolute Gasteiger partial charge is 0.315 e. The Bertz CT molecular complexity index is 515. The summed E-state index contributed by atoms with van der Waals surface area (Å²) in [5, 5.41) is 3.29. The fraction of sp³-hybridized carbons (Fsp3) is 0.600. The zero-order valence-corrected chi connectivity index (χ0v) is 15.4. The van der Waals surface area contributed by atoms with Crippen LogP contribution in [0.25, 0.3) is 0 Å². The highest BCUT2D eigenvalue weighted by atomic mass is 79.9. The van der Waals surface area contributed by atoms with Crippen molar-refractivity contribution in [2.75, 3.05) is 19.3 Å². The molecule has 0 aliphatic rings. The van der Waals surface area contributed by atoms with Gasteiger partial charge in [-0.15, -0.1) is 0 Å². The van der Waals surface area contributed by atoms with Gasteiger partial charge in [0.2, 0.25) is 10.0 Å². The van der Waals surface area contributed by atoms with Gasteiger partial charge >= 0.3 is 0 Å². The Morgan fingerprint density at radius 2 is 1.81 bits per heavy atom. The molecule has 6 heteroatoms. The van der Waals surface area contributed by atoms with E-state index in [0.717, 1.165) is 23.0 Å². The van der Waals surface area contributed by atoms with Crippen LogP contribution in [0.15, 0.2) is 28.7 Å². The van der Waals surface area contributed by atoms with Crippen molar-refractivity contribution in [1.82, 2.24) is 9.62 Å². The number of halogens is 1. The third-order valence-electron chi connectivity index (χ3n) is 3.18. The molecule has 0 fully saturated rings. The highest BCUT2D eigenvalue weighted by Crippen LogP contribution is 2.13. The van der Waals surface area contributed by atoms with Crippen LogP contribution >= 0.6 is 15.9 Å². The number of sulfonamides is 1. The molecule has 0 aromatic heterocycles. The van der Waals surface area contributed by atoms with Crippen LogP contribution in [0, 0.1) is 0 Å². The topological polar surface area (TPSA) is 49.4 Å². The first-order valence-corrected chi connectivity index (χ1v) is 9.63. The molecule has 21 heavy (non-hydrogen) atoms. The van der Waals surface area contributed by atoms with E-state index in [1.54, 1.807) is 7.05 Å². The second-order valence-corrected chi connectivity index (χ2v) is 8.63. The normalized spacial score (nSPS) is 12.3. The van der Waals surface area contributed by atoms with Crippen molar-refractivity contribution in [1.29, 1.82) is 0 Å². The molecule has 4 nitrogen and oxygen atoms in total. The van der Waals surface area contributed by atoms with Crippen LogP contribution in [0.1, 0.15) is 32.3 Å². The van der Waals surface area contributed by atoms with E-state index >= 15 is 0 Å². The molecule has 120 valence electrons. The number of nitrogens with one attached hydrogen (secondary N) is 1. The summed E-state index contributed by atoms with van der Waals surface area (Å²) in [6.45, 7) is 5.45. The first-order chi connectivity index (χ1) is 9.81. The summed E-state index contributed by atoms with van der Waals surface area (Å²) in [4.78, 5) is 0. The zero-order valence-electron chi connectivity index (χ0n) is 13.0. The number of benzene rings is 1. The van der Waals surface area contributed by atoms with E-state index in [0.29, 0.717) is 19.0 Å². The van der Waals surface area contributed by atoms with Gasteiger partial charge < -0.3 is 5.32 Å². The Kier molecular flexibility index (Phi) is 7.87. The summed E-state index contributed by atoms with van der Waals surface area (Å²) >= 11 is 3.37. The van der Waals surface area contributed by atoms with E-state index in [2.05, 4.69) is 35.1 Å². The van der Waals surface area contributed by atoms with E-state index in [1.807, 2.05) is 24.3 Å². The molecule has 1 aromatic carbocycles. The standard InChI is InChI=1S/C15H25BrN2O2S/c1-13(2)17-10-4-5-11-21(19,20)18(3)12-14-6-8-15(16)9-7-14/h6-9,13,17H,4-5,10-12H2,1-3H3. The summed E-state index contributed by atoms with van der Waals surface area (Å²) in [5.41, 5.74) is 0.991. The van der Waals surface area contributed by atoms with Crippen LogP contribution in [0.5, 0.6) is 0 Å². The molecular weight excluding hydrogens is 352 g/mol. The second-order valence-electron chi connectivity index (χ2n) is 5.51. The third kappa shape index (κ3) is 7.40. The van der Waals surface area contributed by atoms with Gasteiger partial charge in [0.25, 0.3) is 0 Å². The molecule has 1 N–H and O–H groups in total. The molecular formula is C15H25BrN2O2S. The first kappa shape index (κ1) is 18.6. The van der Waals surface area contributed by atoms with Crippen molar-refractivity contribution in [3.8, 4) is 0 Å². The van der Waals surface area contributed by atoms with Crippen LogP contribution in [0.2, 0.25) is 0 Å². The molecule has 0 unspecified atom stereocenters. The lowest BCUT2D eigenvalue weighted by molar-refractivity contribution is 0.463. The van der Waals surface area contributed by atoms with Gasteiger partial charge in [-0.1, -0.05) is 41.9 Å². The monoisotopic (exact) mass is 376 g/mol. The van der Waals surface area contributed by atoms with Gasteiger partial charge in [-0.05, 0) is 37.1 Å². The predicted octanol–water partition coefficient (Wildman–Crippen LogP) is 2.99. The molecule has 0 spiro atoms. The molecule has 0 radical (unpaired) electrons. The Hall–Kier alpha value is -0.430. The minimum atomic E-state index is -3.18. The fourth-order valence-corrected chi connectivity index (χ4v) is 3.39. The van der Waals surface area contributed by atoms with Gasteiger partial charge in [-0.2, -0.15) is 0 Å². The van der Waals surface area contributed by atoms with Gasteiger partial charge in [0.15, 0.2) is 0 Å². The van der Waals surface area contributed by atoms with Crippen molar-refractivity contribution in [3.63, 3.8) is 0 Å². The van der Waals surface area contributed by atoms with Crippen LogP contribution in [-0.2, 0) is 16.6 Å². The maximum absolute atomic E-state index is 12.2. The minimum Gasteiger partial charge on any atom is -0.315 e. The zero-order chi connectivity index (χ0) is 15.9. The summed E-state index contributed by atoms with van der Waals surface area (Å²) in [6, 6.07) is 8.16. The van der Waals surface area contributed by atoms with Gasteiger partial charge in [0, 0.05) is 24.1 Å². The summed E-state index contributed by atoms with van der Waals surface area (Å²) in [5.74, 6) is 0.208. The predicted molar refractivity (Wildman–Crippen MR) is 91.8 cm³/mol. The average Bonchev–Trinajstić information content (AvgIpc) is 2.40. The Labute approximate surface area is 137 Å². The smallest absolute Gasteiger partial charge is 0.214 e. The summed E-state index contributed by atoms with van der Waals surface area (Å²) in [6.07, 6.45) is 1.57. The number of nitrogens with zero attached hydrogens (tertiary/aromatic N) is 1. The molecule has 0 bridgehead atoms. The van der Waals surface area contributed by atoms with Crippen LogP contribution in [0.3, 0.4) is 0 Å². The molecule has 0 saturated carbocycles. The summed E-state index contributed by atoms with van der Waals surface area (Å²) in [7, 11) is -1.53. The molecule has 0 aliphatic heterocycles. The first-order valence-electron chi connectivity index (χ1n) is 7.23. The lowest BCUT2D eigenvalue weighted by Gasteiger charge is -2.17. The van der Waals surface area contributed by atoms with E-state index in [4.69, 9.17) is 0 Å². The van der Waals surface area contributed by atoms with Crippen LogP contribution in [-0.4, -0.2) is 38.1 Å². The maximum atomic E-state index is 12.2. The van der Waals surface area contributed by atoms with Crippen molar-refractivity contribution in [2.24, 2.45) is 0 Å². The Morgan fingerprint density at radius 1 is 1.19 bits per heavy atom. The van der Waals surface area contributed by atoms with Crippen molar-refractivity contribution in [3.05, 3.63) is 34.3 Å². The minimum absolute atomic E-state index is 0.208. The molecule has 0 atom stereocenters. The lowest BCUT2D eigenvalue weighted by atomic mass is 10.2. The Balaban J connectivity index is 2.40. The van der Waals surface area contributed by atoms with Gasteiger partial charge in [-0.25, -0.2) is 12.7 Å². The van der Waals surface area contributed by atoms with Crippen molar-refractivity contribution < 1.29 is 8.42 Å². The molecule has 1 rings (SSSR count). The fourth-order valence-electron chi connectivity index (χ4n) is 1.90. The SMILES string of the molecule is CC(C)NCCCCS(=O)(=O)N(C)Cc1ccc(Br)cc1. The number of unbranched alkanes of at least 4 members (excludes halogenated alkanes) is 1. The highest BCUT2D eigenvalue weighted by molar-refractivity contribution is 9.10. The van der Waals surface area contributed by atoms with E-state index in [9.17, 15) is 8.42 Å². The molecule has 0 heterocycles.